The van der Waals surface area contributed by atoms with E-state index >= 15 is 0 Å². The highest BCUT2D eigenvalue weighted by Gasteiger charge is 2.07. The van der Waals surface area contributed by atoms with Gasteiger partial charge >= 0.3 is 0 Å². The molecule has 2 N–H and O–H groups in total. The van der Waals surface area contributed by atoms with Crippen molar-refractivity contribution >= 4 is 11.8 Å². The summed E-state index contributed by atoms with van der Waals surface area (Å²) < 4.78 is 4.91. The van der Waals surface area contributed by atoms with E-state index < -0.39 is 0 Å². The fourth-order valence-corrected chi connectivity index (χ4v) is 1.30. The standard InChI is InChI=1S/C13H19N3O3/c1-9(2)12(17)14-6-7-15-13(18)10-4-5-11(19-3)16-8-10/h4-5,8-9H,6-7H2,1-3H3,(H,14,17)(H,15,18). The molecule has 0 radical (unpaired) electrons. The van der Waals surface area contributed by atoms with E-state index in [-0.39, 0.29) is 17.7 Å². The summed E-state index contributed by atoms with van der Waals surface area (Å²) in [6, 6.07) is 3.25. The highest BCUT2D eigenvalue weighted by Crippen LogP contribution is 2.06. The second kappa shape index (κ2) is 7.35. The van der Waals surface area contributed by atoms with Crippen molar-refractivity contribution in [3.05, 3.63) is 23.9 Å². The lowest BCUT2D eigenvalue weighted by molar-refractivity contribution is -0.123. The Balaban J connectivity index is 2.33. The van der Waals surface area contributed by atoms with Crippen LogP contribution < -0.4 is 15.4 Å². The van der Waals surface area contributed by atoms with Gasteiger partial charge in [0.1, 0.15) is 0 Å². The van der Waals surface area contributed by atoms with Crippen molar-refractivity contribution in [2.75, 3.05) is 20.2 Å². The van der Waals surface area contributed by atoms with E-state index in [4.69, 9.17) is 4.74 Å². The van der Waals surface area contributed by atoms with Crippen LogP contribution in [0, 0.1) is 5.92 Å². The van der Waals surface area contributed by atoms with Crippen molar-refractivity contribution in [3.8, 4) is 5.88 Å². The molecule has 0 bridgehead atoms. The second-order valence-electron chi connectivity index (χ2n) is 4.29. The van der Waals surface area contributed by atoms with Crippen molar-refractivity contribution in [3.63, 3.8) is 0 Å². The third kappa shape index (κ3) is 4.95. The first-order valence-corrected chi connectivity index (χ1v) is 6.10. The van der Waals surface area contributed by atoms with E-state index in [1.54, 1.807) is 12.1 Å². The number of aromatic nitrogens is 1. The summed E-state index contributed by atoms with van der Waals surface area (Å²) in [5.41, 5.74) is 0.455. The molecule has 0 spiro atoms. The maximum Gasteiger partial charge on any atom is 0.252 e. The molecule has 104 valence electrons. The molecule has 6 nitrogen and oxygen atoms in total. The number of methoxy groups -OCH3 is 1. The average Bonchev–Trinajstić information content (AvgIpc) is 2.43. The number of rotatable bonds is 6. The van der Waals surface area contributed by atoms with Crippen LogP contribution in [0.1, 0.15) is 24.2 Å². The van der Waals surface area contributed by atoms with Gasteiger partial charge in [0.2, 0.25) is 11.8 Å². The molecule has 1 heterocycles. The Bertz CT molecular complexity index is 429. The van der Waals surface area contributed by atoms with Crippen LogP contribution in [-0.2, 0) is 4.79 Å². The molecule has 0 aliphatic carbocycles. The summed E-state index contributed by atoms with van der Waals surface area (Å²) in [6.45, 7) is 4.42. The molecule has 2 amide bonds. The fourth-order valence-electron chi connectivity index (χ4n) is 1.30. The van der Waals surface area contributed by atoms with Crippen LogP contribution in [-0.4, -0.2) is 37.0 Å². The number of ether oxygens (including phenoxy) is 1. The zero-order valence-electron chi connectivity index (χ0n) is 11.4. The number of nitrogens with zero attached hydrogens (tertiary/aromatic N) is 1. The predicted molar refractivity (Wildman–Crippen MR) is 71.0 cm³/mol. The lowest BCUT2D eigenvalue weighted by Crippen LogP contribution is -2.36. The van der Waals surface area contributed by atoms with Crippen LogP contribution in [0.15, 0.2) is 18.3 Å². The number of nitrogens with one attached hydrogen (secondary N) is 2. The van der Waals surface area contributed by atoms with Gasteiger partial charge in [-0.15, -0.1) is 0 Å². The van der Waals surface area contributed by atoms with Crippen molar-refractivity contribution < 1.29 is 14.3 Å². The summed E-state index contributed by atoms with van der Waals surface area (Å²) in [7, 11) is 1.51. The van der Waals surface area contributed by atoms with Gasteiger partial charge in [-0.1, -0.05) is 13.8 Å². The van der Waals surface area contributed by atoms with E-state index in [9.17, 15) is 9.59 Å². The maximum absolute atomic E-state index is 11.7. The molecule has 0 fully saturated rings. The van der Waals surface area contributed by atoms with Crippen LogP contribution in [0.4, 0.5) is 0 Å². The zero-order chi connectivity index (χ0) is 14.3. The molecule has 0 saturated heterocycles. The first-order valence-electron chi connectivity index (χ1n) is 6.10. The van der Waals surface area contributed by atoms with Gasteiger partial charge in [-0.05, 0) is 6.07 Å². The fraction of sp³-hybridized carbons (Fsp3) is 0.462. The van der Waals surface area contributed by atoms with Gasteiger partial charge in [0, 0.05) is 31.3 Å². The number of hydrogen-bond acceptors (Lipinski definition) is 4. The monoisotopic (exact) mass is 265 g/mol. The summed E-state index contributed by atoms with van der Waals surface area (Å²) in [4.78, 5) is 26.9. The molecule has 0 aliphatic heterocycles. The smallest absolute Gasteiger partial charge is 0.252 e. The first kappa shape index (κ1) is 14.9. The number of pyridine rings is 1. The third-order valence-electron chi connectivity index (χ3n) is 2.44. The van der Waals surface area contributed by atoms with Crippen molar-refractivity contribution in [1.82, 2.24) is 15.6 Å². The average molecular weight is 265 g/mol. The SMILES string of the molecule is COc1ccc(C(=O)NCCNC(=O)C(C)C)cn1. The maximum atomic E-state index is 11.7. The molecule has 19 heavy (non-hydrogen) atoms. The molecule has 0 saturated carbocycles. The van der Waals surface area contributed by atoms with Gasteiger partial charge in [-0.3, -0.25) is 9.59 Å². The highest BCUT2D eigenvalue weighted by atomic mass is 16.5. The van der Waals surface area contributed by atoms with Gasteiger partial charge in [0.15, 0.2) is 0 Å². The molecule has 1 aromatic rings. The Kier molecular flexibility index (Phi) is 5.78. The largest absolute Gasteiger partial charge is 0.481 e. The molecule has 0 unspecified atom stereocenters. The van der Waals surface area contributed by atoms with Gasteiger partial charge in [0.05, 0.1) is 12.7 Å². The van der Waals surface area contributed by atoms with Gasteiger partial charge in [-0.2, -0.15) is 0 Å². The molecule has 1 rings (SSSR count). The summed E-state index contributed by atoms with van der Waals surface area (Å²) in [5, 5.41) is 5.41. The topological polar surface area (TPSA) is 80.3 Å². The van der Waals surface area contributed by atoms with E-state index in [0.717, 1.165) is 0 Å². The van der Waals surface area contributed by atoms with Crippen molar-refractivity contribution in [1.29, 1.82) is 0 Å². The Hall–Kier alpha value is -2.11. The van der Waals surface area contributed by atoms with Crippen LogP contribution in [0.3, 0.4) is 0 Å². The number of hydrogen-bond donors (Lipinski definition) is 2. The van der Waals surface area contributed by atoms with Crippen molar-refractivity contribution in [2.45, 2.75) is 13.8 Å². The highest BCUT2D eigenvalue weighted by molar-refractivity contribution is 5.93. The molecule has 0 atom stereocenters. The molecule has 0 aliphatic rings. The van der Waals surface area contributed by atoms with E-state index in [2.05, 4.69) is 15.6 Å². The summed E-state index contributed by atoms with van der Waals surface area (Å²) >= 11 is 0. The molecular formula is C13H19N3O3. The normalized spacial score (nSPS) is 10.1. The number of carbonyl (C=O) groups is 2. The zero-order valence-corrected chi connectivity index (χ0v) is 11.4. The minimum absolute atomic E-state index is 0.0274. The third-order valence-corrected chi connectivity index (χ3v) is 2.44. The van der Waals surface area contributed by atoms with Crippen molar-refractivity contribution in [2.24, 2.45) is 5.92 Å². The minimum atomic E-state index is -0.228. The van der Waals surface area contributed by atoms with E-state index in [1.165, 1.54) is 13.3 Å². The van der Waals surface area contributed by atoms with Gasteiger partial charge in [0.25, 0.3) is 5.91 Å². The Morgan fingerprint density at radius 1 is 1.26 bits per heavy atom. The Labute approximate surface area is 112 Å². The quantitative estimate of drug-likeness (QED) is 0.738. The van der Waals surface area contributed by atoms with E-state index in [1.807, 2.05) is 13.8 Å². The molecule has 1 aromatic heterocycles. The number of amides is 2. The lowest BCUT2D eigenvalue weighted by atomic mass is 10.2. The number of carbonyl (C=O) groups excluding carboxylic acids is 2. The van der Waals surface area contributed by atoms with Gasteiger partial charge in [-0.25, -0.2) is 4.98 Å². The summed E-state index contributed by atoms with van der Waals surface area (Å²) in [6.07, 6.45) is 1.45. The summed E-state index contributed by atoms with van der Waals surface area (Å²) in [5.74, 6) is 0.150. The first-order chi connectivity index (χ1) is 9.04. The van der Waals surface area contributed by atoms with Crippen LogP contribution >= 0.6 is 0 Å². The molecular weight excluding hydrogens is 246 g/mol. The molecule has 0 aromatic carbocycles. The van der Waals surface area contributed by atoms with E-state index in [0.29, 0.717) is 24.5 Å². The van der Waals surface area contributed by atoms with Crippen LogP contribution in [0.2, 0.25) is 0 Å². The second-order valence-corrected chi connectivity index (χ2v) is 4.29. The predicted octanol–water partition coefficient (Wildman–Crippen LogP) is 0.592. The Morgan fingerprint density at radius 3 is 2.47 bits per heavy atom. The van der Waals surface area contributed by atoms with Crippen LogP contribution in [0.25, 0.3) is 0 Å². The minimum Gasteiger partial charge on any atom is -0.481 e. The van der Waals surface area contributed by atoms with Gasteiger partial charge < -0.3 is 15.4 Å². The Morgan fingerprint density at radius 2 is 1.95 bits per heavy atom. The lowest BCUT2D eigenvalue weighted by Gasteiger charge is -2.08. The van der Waals surface area contributed by atoms with Crippen LogP contribution in [0.5, 0.6) is 5.88 Å². The molecule has 6 heteroatoms.